The Bertz CT molecular complexity index is 982. The molecule has 0 saturated carbocycles. The first kappa shape index (κ1) is 20.5. The van der Waals surface area contributed by atoms with Crippen LogP contribution < -0.4 is 10.2 Å². The van der Waals surface area contributed by atoms with Crippen LogP contribution in [0, 0.1) is 25.2 Å². The fraction of sp³-hybridized carbons (Fsp3) is 0.500. The van der Waals surface area contributed by atoms with Crippen LogP contribution in [0.5, 0.6) is 0 Å². The molecular weight excluding hydrogens is 376 g/mol. The molecule has 1 amide bonds. The lowest BCUT2D eigenvalue weighted by atomic mass is 9.96. The molecule has 1 fully saturated rings. The van der Waals surface area contributed by atoms with Crippen molar-refractivity contribution >= 4 is 17.4 Å². The van der Waals surface area contributed by atoms with Gasteiger partial charge in [-0.2, -0.15) is 5.26 Å². The van der Waals surface area contributed by atoms with Gasteiger partial charge in [0.05, 0.1) is 24.8 Å². The summed E-state index contributed by atoms with van der Waals surface area (Å²) in [6.07, 6.45) is 4.27. The predicted molar refractivity (Wildman–Crippen MR) is 118 cm³/mol. The quantitative estimate of drug-likeness (QED) is 0.817. The molecule has 1 aromatic heterocycles. The van der Waals surface area contributed by atoms with E-state index in [1.165, 1.54) is 5.56 Å². The summed E-state index contributed by atoms with van der Waals surface area (Å²) >= 11 is 0. The molecule has 2 aliphatic heterocycles. The Kier molecular flexibility index (Phi) is 5.83. The third kappa shape index (κ3) is 3.82. The number of aromatic nitrogens is 1. The van der Waals surface area contributed by atoms with Crippen molar-refractivity contribution < 1.29 is 9.53 Å². The zero-order valence-corrected chi connectivity index (χ0v) is 18.1. The van der Waals surface area contributed by atoms with Gasteiger partial charge in [-0.3, -0.25) is 4.79 Å². The number of aryl methyl sites for hydroxylation is 1. The van der Waals surface area contributed by atoms with Gasteiger partial charge >= 0.3 is 0 Å². The van der Waals surface area contributed by atoms with Gasteiger partial charge in [-0.1, -0.05) is 18.2 Å². The Balaban J connectivity index is 1.57. The summed E-state index contributed by atoms with van der Waals surface area (Å²) in [4.78, 5) is 15.3. The number of nitrogens with zero attached hydrogens (tertiary/aromatic N) is 3. The summed E-state index contributed by atoms with van der Waals surface area (Å²) in [5.74, 6) is 0.507. The van der Waals surface area contributed by atoms with E-state index >= 15 is 0 Å². The number of ether oxygens (including phenoxy) is 1. The van der Waals surface area contributed by atoms with Crippen LogP contribution in [0.15, 0.2) is 24.3 Å². The van der Waals surface area contributed by atoms with Crippen LogP contribution >= 0.6 is 0 Å². The number of hydrogen-bond acceptors (Lipinski definition) is 4. The average molecular weight is 407 g/mol. The lowest BCUT2D eigenvalue weighted by molar-refractivity contribution is -0.115. The molecule has 6 nitrogen and oxygen atoms in total. The highest BCUT2D eigenvalue weighted by Crippen LogP contribution is 2.31. The SMILES string of the molecule is Cc1c(C#N)c(NC(=O)CN2c3ccccc3CC[C@H]2C)n(C[C@@H]2CCCO2)c1C. The van der Waals surface area contributed by atoms with Crippen molar-refractivity contribution in [3.63, 3.8) is 0 Å². The maximum atomic E-state index is 13.1. The van der Waals surface area contributed by atoms with Crippen LogP contribution in [0.4, 0.5) is 11.5 Å². The minimum absolute atomic E-state index is 0.0962. The molecule has 2 atom stereocenters. The van der Waals surface area contributed by atoms with Crippen molar-refractivity contribution in [2.45, 2.75) is 65.1 Å². The van der Waals surface area contributed by atoms with Gasteiger partial charge in [-0.05, 0) is 63.6 Å². The van der Waals surface area contributed by atoms with Gasteiger partial charge in [-0.15, -0.1) is 0 Å². The second-order valence-corrected chi connectivity index (χ2v) is 8.48. The first-order chi connectivity index (χ1) is 14.5. The van der Waals surface area contributed by atoms with E-state index in [0.717, 1.165) is 49.2 Å². The molecule has 1 saturated heterocycles. The van der Waals surface area contributed by atoms with Crippen LogP contribution in [-0.2, 0) is 22.5 Å². The van der Waals surface area contributed by atoms with Crippen LogP contribution in [-0.4, -0.2) is 35.8 Å². The van der Waals surface area contributed by atoms with Crippen LogP contribution in [0.1, 0.15) is 48.6 Å². The predicted octanol–water partition coefficient (Wildman–Crippen LogP) is 3.94. The fourth-order valence-corrected chi connectivity index (χ4v) is 4.68. The third-order valence-electron chi connectivity index (χ3n) is 6.59. The number of nitriles is 1. The number of carbonyl (C=O) groups excluding carboxylic acids is 1. The van der Waals surface area contributed by atoms with Crippen LogP contribution in [0.25, 0.3) is 0 Å². The van der Waals surface area contributed by atoms with Gasteiger partial charge in [0.1, 0.15) is 11.9 Å². The largest absolute Gasteiger partial charge is 0.376 e. The van der Waals surface area contributed by atoms with Crippen molar-refractivity contribution in [1.29, 1.82) is 5.26 Å². The Hall–Kier alpha value is -2.78. The van der Waals surface area contributed by atoms with Gasteiger partial charge < -0.3 is 19.5 Å². The van der Waals surface area contributed by atoms with Crippen molar-refractivity contribution in [2.24, 2.45) is 0 Å². The average Bonchev–Trinajstić information content (AvgIpc) is 3.33. The van der Waals surface area contributed by atoms with E-state index in [1.807, 2.05) is 19.9 Å². The highest BCUT2D eigenvalue weighted by Gasteiger charge is 2.27. The Labute approximate surface area is 178 Å². The van der Waals surface area contributed by atoms with E-state index < -0.39 is 0 Å². The van der Waals surface area contributed by atoms with Gasteiger partial charge in [-0.25, -0.2) is 0 Å². The van der Waals surface area contributed by atoms with Gasteiger partial charge in [0.2, 0.25) is 5.91 Å². The summed E-state index contributed by atoms with van der Waals surface area (Å²) < 4.78 is 7.86. The van der Waals surface area contributed by atoms with Crippen molar-refractivity contribution in [2.75, 3.05) is 23.4 Å². The highest BCUT2D eigenvalue weighted by molar-refractivity contribution is 5.95. The van der Waals surface area contributed by atoms with Gasteiger partial charge in [0, 0.05) is 24.0 Å². The standard InChI is InChI=1S/C24H30N4O2/c1-16-10-11-19-7-4-5-9-22(19)27(16)15-23(29)26-24-21(13-25)17(2)18(3)28(24)14-20-8-6-12-30-20/h4-5,7,9,16,20H,6,8,10-12,14-15H2,1-3H3,(H,26,29)/t16-,20+/m1/s1. The maximum Gasteiger partial charge on any atom is 0.245 e. The molecule has 4 rings (SSSR count). The monoisotopic (exact) mass is 406 g/mol. The molecule has 0 spiro atoms. The molecular formula is C24H30N4O2. The molecule has 1 N–H and O–H groups in total. The molecule has 1 aromatic carbocycles. The van der Waals surface area contributed by atoms with E-state index in [2.05, 4.69) is 46.0 Å². The van der Waals surface area contributed by atoms with Crippen molar-refractivity contribution in [3.05, 3.63) is 46.6 Å². The molecule has 30 heavy (non-hydrogen) atoms. The first-order valence-corrected chi connectivity index (χ1v) is 10.9. The van der Waals surface area contributed by atoms with Crippen molar-refractivity contribution in [3.8, 4) is 6.07 Å². The minimum Gasteiger partial charge on any atom is -0.376 e. The number of hydrogen-bond donors (Lipinski definition) is 1. The summed E-state index contributed by atoms with van der Waals surface area (Å²) in [5, 5.41) is 12.8. The summed E-state index contributed by atoms with van der Waals surface area (Å²) in [6, 6.07) is 10.9. The second kappa shape index (κ2) is 8.53. The topological polar surface area (TPSA) is 70.3 Å². The summed E-state index contributed by atoms with van der Waals surface area (Å²) in [5.41, 5.74) is 4.89. The zero-order valence-electron chi connectivity index (χ0n) is 18.1. The van der Waals surface area contributed by atoms with E-state index in [9.17, 15) is 10.1 Å². The first-order valence-electron chi connectivity index (χ1n) is 10.9. The van der Waals surface area contributed by atoms with E-state index in [0.29, 0.717) is 24.0 Å². The molecule has 0 unspecified atom stereocenters. The van der Waals surface area contributed by atoms with E-state index in [-0.39, 0.29) is 18.6 Å². The number of carbonyl (C=O) groups is 1. The Morgan fingerprint density at radius 2 is 2.10 bits per heavy atom. The smallest absolute Gasteiger partial charge is 0.245 e. The van der Waals surface area contributed by atoms with E-state index in [4.69, 9.17) is 4.74 Å². The zero-order chi connectivity index (χ0) is 21.3. The van der Waals surface area contributed by atoms with Crippen LogP contribution in [0.2, 0.25) is 0 Å². The number of benzene rings is 1. The minimum atomic E-state index is -0.0962. The number of rotatable bonds is 5. The van der Waals surface area contributed by atoms with Crippen molar-refractivity contribution in [1.82, 2.24) is 4.57 Å². The maximum absolute atomic E-state index is 13.1. The highest BCUT2D eigenvalue weighted by atomic mass is 16.5. The molecule has 2 aromatic rings. The summed E-state index contributed by atoms with van der Waals surface area (Å²) in [7, 11) is 0. The molecule has 0 aliphatic carbocycles. The number of fused-ring (bicyclic) bond motifs is 1. The fourth-order valence-electron chi connectivity index (χ4n) is 4.68. The second-order valence-electron chi connectivity index (χ2n) is 8.48. The van der Waals surface area contributed by atoms with Crippen LogP contribution in [0.3, 0.4) is 0 Å². The van der Waals surface area contributed by atoms with Gasteiger partial charge in [0.25, 0.3) is 0 Å². The van der Waals surface area contributed by atoms with Gasteiger partial charge in [0.15, 0.2) is 0 Å². The Morgan fingerprint density at radius 3 is 2.83 bits per heavy atom. The number of anilines is 2. The lowest BCUT2D eigenvalue weighted by Crippen LogP contribution is -2.42. The third-order valence-corrected chi connectivity index (χ3v) is 6.59. The number of nitrogens with one attached hydrogen (secondary N) is 1. The lowest BCUT2D eigenvalue weighted by Gasteiger charge is -2.36. The molecule has 0 radical (unpaired) electrons. The molecule has 0 bridgehead atoms. The number of para-hydroxylation sites is 1. The molecule has 6 heteroatoms. The number of amides is 1. The summed E-state index contributed by atoms with van der Waals surface area (Å²) in [6.45, 7) is 7.82. The molecule has 158 valence electrons. The molecule has 3 heterocycles. The normalized spacial score (nSPS) is 20.7. The molecule has 2 aliphatic rings. The Morgan fingerprint density at radius 1 is 1.30 bits per heavy atom. The van der Waals surface area contributed by atoms with E-state index in [1.54, 1.807) is 0 Å².